The highest BCUT2D eigenvalue weighted by Crippen LogP contribution is 2.42. The smallest absolute Gasteiger partial charge is 0.393 e. The Hall–Kier alpha value is -4.43. The van der Waals surface area contributed by atoms with E-state index in [0.717, 1.165) is 24.0 Å². The molecule has 12 nitrogen and oxygen atoms in total. The number of alkyl halides is 3. The lowest BCUT2D eigenvalue weighted by molar-refractivity contribution is -0.137. The lowest BCUT2D eigenvalue weighted by Gasteiger charge is -2.25. The molecule has 3 heterocycles. The number of amides is 1. The second kappa shape index (κ2) is 14.1. The molecule has 1 amide bonds. The van der Waals surface area contributed by atoms with Gasteiger partial charge in [0.1, 0.15) is 11.4 Å². The highest BCUT2D eigenvalue weighted by atomic mass is 31.1. The Morgan fingerprint density at radius 1 is 1.02 bits per heavy atom. The predicted octanol–water partition coefficient (Wildman–Crippen LogP) is 7.59. The molecule has 4 N–H and O–H groups in total. The fourth-order valence-corrected chi connectivity index (χ4v) is 7.44. The zero-order valence-electron chi connectivity index (χ0n) is 27.7. The highest BCUT2D eigenvalue weighted by molar-refractivity contribution is 7.32. The first-order chi connectivity index (χ1) is 23.8. The Bertz CT molecular complexity index is 1890. The van der Waals surface area contributed by atoms with Crippen LogP contribution in [0.4, 0.5) is 36.3 Å². The minimum absolute atomic E-state index is 0.125. The van der Waals surface area contributed by atoms with Gasteiger partial charge in [0, 0.05) is 41.8 Å². The van der Waals surface area contributed by atoms with Gasteiger partial charge in [-0.15, -0.1) is 9.42 Å². The van der Waals surface area contributed by atoms with Gasteiger partial charge in [0.15, 0.2) is 5.60 Å². The fourth-order valence-electron chi connectivity index (χ4n) is 6.78. The van der Waals surface area contributed by atoms with Gasteiger partial charge in [-0.25, -0.2) is 4.98 Å². The highest BCUT2D eigenvalue weighted by Gasteiger charge is 2.40. The van der Waals surface area contributed by atoms with Crippen molar-refractivity contribution < 1.29 is 37.1 Å². The van der Waals surface area contributed by atoms with Gasteiger partial charge in [-0.3, -0.25) is 9.48 Å². The average Bonchev–Trinajstić information content (AvgIpc) is 3.69. The molecule has 1 atom stereocenters. The summed E-state index contributed by atoms with van der Waals surface area (Å²) in [7, 11) is -1.22. The first-order valence-corrected chi connectivity index (χ1v) is 17.5. The third-order valence-electron chi connectivity index (χ3n) is 9.63. The van der Waals surface area contributed by atoms with E-state index in [-0.39, 0.29) is 41.8 Å². The molecule has 2 aromatic carbocycles. The number of aromatic nitrogens is 4. The summed E-state index contributed by atoms with van der Waals surface area (Å²) in [4.78, 5) is 32.4. The van der Waals surface area contributed by atoms with Crippen molar-refractivity contribution in [1.29, 1.82) is 0 Å². The molecule has 0 saturated heterocycles. The molecule has 0 radical (unpaired) electrons. The molecule has 0 bridgehead atoms. The van der Waals surface area contributed by atoms with E-state index >= 15 is 0 Å². The summed E-state index contributed by atoms with van der Waals surface area (Å²) >= 11 is 0. The van der Waals surface area contributed by atoms with Crippen LogP contribution in [-0.4, -0.2) is 53.7 Å². The SMILES string of the molecule is CCC(CC)(O[P+](=O)O)c1ccc(Nc2ncc(C(F)(F)F)c(Nc3ccc(-c4cnn(C5CCC(O)CC5)c4)c4c3C(=O)N(C)C4)n2)cc1. The van der Waals surface area contributed by atoms with E-state index < -0.39 is 31.4 Å². The molecule has 0 spiro atoms. The van der Waals surface area contributed by atoms with Crippen LogP contribution in [-0.2, 0) is 27.4 Å². The van der Waals surface area contributed by atoms with E-state index in [1.165, 1.54) is 4.90 Å². The number of hydrogen-bond donors (Lipinski definition) is 4. The monoisotopic (exact) mass is 712 g/mol. The van der Waals surface area contributed by atoms with Crippen LogP contribution in [0.1, 0.15) is 85.5 Å². The maximum absolute atomic E-state index is 14.2. The first kappa shape index (κ1) is 35.4. The van der Waals surface area contributed by atoms with Gasteiger partial charge in [0.05, 0.1) is 29.6 Å². The summed E-state index contributed by atoms with van der Waals surface area (Å²) < 4.78 is 61.4. The molecule has 1 saturated carbocycles. The predicted molar refractivity (Wildman–Crippen MR) is 180 cm³/mol. The number of aliphatic hydroxyl groups excluding tert-OH is 1. The fraction of sp³-hybridized carbons (Fsp3) is 0.412. The van der Waals surface area contributed by atoms with Gasteiger partial charge in [-0.2, -0.15) is 23.3 Å². The Labute approximate surface area is 287 Å². The standard InChI is InChI=1S/C34H37F3N7O5P/c1-4-33(5-2,49-50(47)48)21-6-8-22(9-7-21)40-32-38-17-27(34(35,36)37)30(42-32)41-28-15-14-25(26-19-43(3)31(46)29(26)28)20-16-39-44(18-20)23-10-12-24(45)13-11-23/h6-9,14-18,23-24,45H,4-5,10-13,19H2,1-3H3,(H2-,38,40,41,42,46,47,48)/p+1. The zero-order chi connectivity index (χ0) is 35.8. The number of halogens is 3. The Kier molecular flexibility index (Phi) is 9.95. The number of aliphatic hydroxyl groups is 1. The van der Waals surface area contributed by atoms with Crippen LogP contribution >= 0.6 is 8.25 Å². The molecule has 1 fully saturated rings. The van der Waals surface area contributed by atoms with E-state index in [1.807, 2.05) is 24.7 Å². The Morgan fingerprint density at radius 3 is 2.36 bits per heavy atom. The maximum atomic E-state index is 14.2. The number of nitrogens with zero attached hydrogens (tertiary/aromatic N) is 5. The number of nitrogens with one attached hydrogen (secondary N) is 2. The molecule has 2 aromatic heterocycles. The molecule has 1 aliphatic carbocycles. The summed E-state index contributed by atoms with van der Waals surface area (Å²) in [6.45, 7) is 3.94. The number of hydrogen-bond acceptors (Lipinski definition) is 9. The second-order valence-corrected chi connectivity index (χ2v) is 13.3. The third-order valence-corrected chi connectivity index (χ3v) is 10.1. The number of rotatable bonds is 11. The number of benzene rings is 2. The largest absolute Gasteiger partial charge is 0.695 e. The van der Waals surface area contributed by atoms with Crippen molar-refractivity contribution in [1.82, 2.24) is 24.6 Å². The minimum atomic E-state index is -4.80. The third kappa shape index (κ3) is 7.08. The molecule has 264 valence electrons. The first-order valence-electron chi connectivity index (χ1n) is 16.4. The average molecular weight is 713 g/mol. The lowest BCUT2D eigenvalue weighted by Crippen LogP contribution is -2.25. The number of carbonyl (C=O) groups excluding carboxylic acids is 1. The van der Waals surface area contributed by atoms with Crippen LogP contribution in [0, 0.1) is 0 Å². The van der Waals surface area contributed by atoms with Crippen LogP contribution in [0.5, 0.6) is 0 Å². The van der Waals surface area contributed by atoms with Crippen LogP contribution in [0.2, 0.25) is 0 Å². The van der Waals surface area contributed by atoms with Crippen molar-refractivity contribution in [2.24, 2.45) is 0 Å². The normalized spacial score (nSPS) is 18.3. The Morgan fingerprint density at radius 2 is 1.72 bits per heavy atom. The number of carbonyl (C=O) groups is 1. The van der Waals surface area contributed by atoms with Crippen molar-refractivity contribution in [3.63, 3.8) is 0 Å². The van der Waals surface area contributed by atoms with Crippen LogP contribution in [0.25, 0.3) is 11.1 Å². The topological polar surface area (TPSA) is 155 Å². The Balaban J connectivity index is 1.30. The molecule has 16 heteroatoms. The van der Waals surface area contributed by atoms with Gasteiger partial charge >= 0.3 is 14.4 Å². The van der Waals surface area contributed by atoms with E-state index in [0.29, 0.717) is 48.7 Å². The van der Waals surface area contributed by atoms with Gasteiger partial charge < -0.3 is 20.6 Å². The number of anilines is 4. The van der Waals surface area contributed by atoms with Gasteiger partial charge in [-0.1, -0.05) is 32.0 Å². The maximum Gasteiger partial charge on any atom is 0.695 e. The minimum Gasteiger partial charge on any atom is -0.393 e. The van der Waals surface area contributed by atoms with Crippen LogP contribution < -0.4 is 10.6 Å². The van der Waals surface area contributed by atoms with E-state index in [2.05, 4.69) is 25.7 Å². The van der Waals surface area contributed by atoms with Crippen molar-refractivity contribution in [2.45, 2.75) is 82.8 Å². The quantitative estimate of drug-likeness (QED) is 0.114. The summed E-state index contributed by atoms with van der Waals surface area (Å²) in [6.07, 6.45) is 3.09. The van der Waals surface area contributed by atoms with Gasteiger partial charge in [-0.05, 0) is 73.4 Å². The van der Waals surface area contributed by atoms with E-state index in [1.54, 1.807) is 49.6 Å². The summed E-state index contributed by atoms with van der Waals surface area (Å²) in [5, 5.41) is 20.2. The van der Waals surface area contributed by atoms with Crippen molar-refractivity contribution in [3.8, 4) is 11.1 Å². The molecule has 4 aromatic rings. The van der Waals surface area contributed by atoms with E-state index in [4.69, 9.17) is 4.52 Å². The molecule has 50 heavy (non-hydrogen) atoms. The molecule has 1 unspecified atom stereocenters. The summed E-state index contributed by atoms with van der Waals surface area (Å²) in [5.74, 6) is -1.00. The second-order valence-electron chi connectivity index (χ2n) is 12.7. The molecule has 1 aliphatic heterocycles. The lowest BCUT2D eigenvalue weighted by atomic mass is 9.88. The van der Waals surface area contributed by atoms with E-state index in [9.17, 15) is 32.5 Å². The van der Waals surface area contributed by atoms with Crippen LogP contribution in [0.15, 0.2) is 55.0 Å². The summed E-state index contributed by atoms with van der Waals surface area (Å²) in [5.41, 5.74) is 1.64. The van der Waals surface area contributed by atoms with Crippen molar-refractivity contribution >= 4 is 37.3 Å². The molecular formula is C34H38F3N7O5P+. The summed E-state index contributed by atoms with van der Waals surface area (Å²) in [6, 6.07) is 10.2. The molecule has 6 rings (SSSR count). The van der Waals surface area contributed by atoms with Crippen molar-refractivity contribution in [3.05, 3.63) is 77.2 Å². The van der Waals surface area contributed by atoms with Gasteiger partial charge in [0.2, 0.25) is 5.95 Å². The van der Waals surface area contributed by atoms with Gasteiger partial charge in [0.25, 0.3) is 5.91 Å². The molecular weight excluding hydrogens is 674 g/mol. The number of fused-ring (bicyclic) bond motifs is 1. The zero-order valence-corrected chi connectivity index (χ0v) is 28.6. The van der Waals surface area contributed by atoms with Crippen molar-refractivity contribution in [2.75, 3.05) is 17.7 Å². The van der Waals surface area contributed by atoms with Crippen LogP contribution in [0.3, 0.4) is 0 Å². The molecule has 2 aliphatic rings.